The van der Waals surface area contributed by atoms with Crippen LogP contribution in [0.5, 0.6) is 0 Å². The van der Waals surface area contributed by atoms with Gasteiger partial charge in [0.2, 0.25) is 0 Å². The SMILES string of the molecule is Cc1nccc2cc(NC(=O)OC(C)(C)C)ccc12. The molecular weight excluding hydrogens is 240 g/mol. The fourth-order valence-corrected chi connectivity index (χ4v) is 1.83. The molecule has 0 atom stereocenters. The number of pyridine rings is 1. The van der Waals surface area contributed by atoms with Crippen molar-refractivity contribution < 1.29 is 9.53 Å². The van der Waals surface area contributed by atoms with E-state index in [0.717, 1.165) is 16.5 Å². The number of hydrogen-bond donors (Lipinski definition) is 1. The largest absolute Gasteiger partial charge is 0.444 e. The number of aromatic nitrogens is 1. The maximum absolute atomic E-state index is 11.7. The highest BCUT2D eigenvalue weighted by molar-refractivity contribution is 5.92. The Kier molecular flexibility index (Phi) is 3.42. The summed E-state index contributed by atoms with van der Waals surface area (Å²) in [5, 5.41) is 4.85. The molecule has 1 amide bonds. The third kappa shape index (κ3) is 3.44. The lowest BCUT2D eigenvalue weighted by Gasteiger charge is -2.19. The number of ether oxygens (including phenoxy) is 1. The standard InChI is InChI=1S/C15H18N2O2/c1-10-13-6-5-12(9-11(13)7-8-16-10)17-14(18)19-15(2,3)4/h5-9H,1-4H3,(H,17,18). The van der Waals surface area contributed by atoms with Crippen LogP contribution in [-0.2, 0) is 4.74 Å². The Morgan fingerprint density at radius 3 is 2.68 bits per heavy atom. The van der Waals surface area contributed by atoms with Crippen molar-refractivity contribution in [2.75, 3.05) is 5.32 Å². The first-order chi connectivity index (χ1) is 8.85. The van der Waals surface area contributed by atoms with E-state index in [9.17, 15) is 4.79 Å². The van der Waals surface area contributed by atoms with E-state index >= 15 is 0 Å². The van der Waals surface area contributed by atoms with Gasteiger partial charge in [0.1, 0.15) is 5.60 Å². The molecule has 19 heavy (non-hydrogen) atoms. The minimum atomic E-state index is -0.499. The molecular formula is C15H18N2O2. The molecule has 0 saturated heterocycles. The summed E-state index contributed by atoms with van der Waals surface area (Å²) in [6.45, 7) is 7.47. The average Bonchev–Trinajstić information content (AvgIpc) is 2.26. The number of anilines is 1. The van der Waals surface area contributed by atoms with E-state index in [1.165, 1.54) is 0 Å². The molecule has 0 bridgehead atoms. The van der Waals surface area contributed by atoms with E-state index in [1.54, 1.807) is 6.20 Å². The van der Waals surface area contributed by atoms with Crippen molar-refractivity contribution in [1.82, 2.24) is 4.98 Å². The molecule has 4 nitrogen and oxygen atoms in total. The Morgan fingerprint density at radius 1 is 1.26 bits per heavy atom. The number of benzene rings is 1. The Bertz CT molecular complexity index is 615. The van der Waals surface area contributed by atoms with Gasteiger partial charge in [-0.15, -0.1) is 0 Å². The number of hydrogen-bond acceptors (Lipinski definition) is 3. The molecule has 0 aliphatic carbocycles. The van der Waals surface area contributed by atoms with Crippen LogP contribution >= 0.6 is 0 Å². The molecule has 100 valence electrons. The van der Waals surface area contributed by atoms with E-state index in [2.05, 4.69) is 10.3 Å². The Hall–Kier alpha value is -2.10. The second-order valence-corrected chi connectivity index (χ2v) is 5.46. The number of aryl methyl sites for hydroxylation is 1. The van der Waals surface area contributed by atoms with Gasteiger partial charge in [-0.25, -0.2) is 4.79 Å². The molecule has 1 N–H and O–H groups in total. The number of fused-ring (bicyclic) bond motifs is 1. The first-order valence-corrected chi connectivity index (χ1v) is 6.20. The summed E-state index contributed by atoms with van der Waals surface area (Å²) in [7, 11) is 0. The highest BCUT2D eigenvalue weighted by Gasteiger charge is 2.16. The Labute approximate surface area is 112 Å². The monoisotopic (exact) mass is 258 g/mol. The smallest absolute Gasteiger partial charge is 0.412 e. The minimum absolute atomic E-state index is 0.447. The van der Waals surface area contributed by atoms with Gasteiger partial charge in [0, 0.05) is 23.0 Å². The summed E-state index contributed by atoms with van der Waals surface area (Å²) in [5.41, 5.74) is 1.19. The van der Waals surface area contributed by atoms with E-state index in [0.29, 0.717) is 5.69 Å². The van der Waals surface area contributed by atoms with Gasteiger partial charge in [-0.3, -0.25) is 10.3 Å². The van der Waals surface area contributed by atoms with Crippen molar-refractivity contribution in [3.63, 3.8) is 0 Å². The molecule has 0 saturated carbocycles. The first-order valence-electron chi connectivity index (χ1n) is 6.20. The quantitative estimate of drug-likeness (QED) is 0.844. The predicted octanol–water partition coefficient (Wildman–Crippen LogP) is 3.89. The summed E-state index contributed by atoms with van der Waals surface area (Å²) in [5.74, 6) is 0. The Morgan fingerprint density at radius 2 is 2.00 bits per heavy atom. The summed E-state index contributed by atoms with van der Waals surface area (Å²) < 4.78 is 5.22. The topological polar surface area (TPSA) is 51.2 Å². The molecule has 0 unspecified atom stereocenters. The van der Waals surface area contributed by atoms with Crippen LogP contribution in [0, 0.1) is 6.92 Å². The van der Waals surface area contributed by atoms with Crippen LogP contribution in [0.25, 0.3) is 10.8 Å². The van der Waals surface area contributed by atoms with Crippen molar-refractivity contribution in [2.24, 2.45) is 0 Å². The molecule has 2 aromatic rings. The van der Waals surface area contributed by atoms with Crippen LogP contribution < -0.4 is 5.32 Å². The van der Waals surface area contributed by atoms with Gasteiger partial charge in [0.25, 0.3) is 0 Å². The van der Waals surface area contributed by atoms with Crippen LogP contribution in [0.15, 0.2) is 30.5 Å². The van der Waals surface area contributed by atoms with Gasteiger partial charge in [0.15, 0.2) is 0 Å². The molecule has 1 heterocycles. The van der Waals surface area contributed by atoms with Crippen molar-refractivity contribution in [2.45, 2.75) is 33.3 Å². The van der Waals surface area contributed by atoms with Gasteiger partial charge < -0.3 is 4.74 Å². The maximum Gasteiger partial charge on any atom is 0.412 e. The summed E-state index contributed by atoms with van der Waals surface area (Å²) in [4.78, 5) is 15.9. The number of rotatable bonds is 1. The van der Waals surface area contributed by atoms with Gasteiger partial charge in [-0.05, 0) is 51.3 Å². The van der Waals surface area contributed by atoms with Crippen LogP contribution in [0.2, 0.25) is 0 Å². The lowest BCUT2D eigenvalue weighted by Crippen LogP contribution is -2.27. The number of nitrogens with zero attached hydrogens (tertiary/aromatic N) is 1. The molecule has 0 aliphatic heterocycles. The van der Waals surface area contributed by atoms with Crippen LogP contribution in [0.3, 0.4) is 0 Å². The fraction of sp³-hybridized carbons (Fsp3) is 0.333. The number of carbonyl (C=O) groups is 1. The summed E-state index contributed by atoms with van der Waals surface area (Å²) in [6, 6.07) is 7.63. The highest BCUT2D eigenvalue weighted by Crippen LogP contribution is 2.21. The zero-order valence-electron chi connectivity index (χ0n) is 11.7. The molecule has 0 radical (unpaired) electrons. The van der Waals surface area contributed by atoms with Gasteiger partial charge in [-0.1, -0.05) is 6.07 Å². The van der Waals surface area contributed by atoms with E-state index in [1.807, 2.05) is 52.0 Å². The third-order valence-electron chi connectivity index (χ3n) is 2.61. The zero-order valence-corrected chi connectivity index (χ0v) is 11.7. The Balaban J connectivity index is 2.20. The molecule has 1 aromatic carbocycles. The summed E-state index contributed by atoms with van der Waals surface area (Å²) in [6.07, 6.45) is 1.31. The van der Waals surface area contributed by atoms with Crippen LogP contribution in [-0.4, -0.2) is 16.7 Å². The lowest BCUT2D eigenvalue weighted by atomic mass is 10.1. The van der Waals surface area contributed by atoms with Crippen LogP contribution in [0.4, 0.5) is 10.5 Å². The normalized spacial score (nSPS) is 11.4. The molecule has 0 fully saturated rings. The zero-order chi connectivity index (χ0) is 14.0. The highest BCUT2D eigenvalue weighted by atomic mass is 16.6. The van der Waals surface area contributed by atoms with Crippen molar-refractivity contribution >= 4 is 22.6 Å². The van der Waals surface area contributed by atoms with Gasteiger partial charge >= 0.3 is 6.09 Å². The molecule has 1 aromatic heterocycles. The van der Waals surface area contributed by atoms with E-state index in [4.69, 9.17) is 4.74 Å². The average molecular weight is 258 g/mol. The predicted molar refractivity (Wildman–Crippen MR) is 76.3 cm³/mol. The van der Waals surface area contributed by atoms with Gasteiger partial charge in [0.05, 0.1) is 0 Å². The number of carbonyl (C=O) groups excluding carboxylic acids is 1. The third-order valence-corrected chi connectivity index (χ3v) is 2.61. The lowest BCUT2D eigenvalue weighted by molar-refractivity contribution is 0.0636. The van der Waals surface area contributed by atoms with E-state index in [-0.39, 0.29) is 0 Å². The van der Waals surface area contributed by atoms with Crippen molar-refractivity contribution in [3.05, 3.63) is 36.2 Å². The number of amides is 1. The van der Waals surface area contributed by atoms with Crippen LogP contribution in [0.1, 0.15) is 26.5 Å². The fourth-order valence-electron chi connectivity index (χ4n) is 1.83. The molecule has 0 spiro atoms. The first kappa shape index (κ1) is 13.3. The van der Waals surface area contributed by atoms with Crippen molar-refractivity contribution in [3.8, 4) is 0 Å². The molecule has 4 heteroatoms. The van der Waals surface area contributed by atoms with E-state index < -0.39 is 11.7 Å². The minimum Gasteiger partial charge on any atom is -0.444 e. The molecule has 2 rings (SSSR count). The van der Waals surface area contributed by atoms with Gasteiger partial charge in [-0.2, -0.15) is 0 Å². The number of nitrogens with one attached hydrogen (secondary N) is 1. The maximum atomic E-state index is 11.7. The second-order valence-electron chi connectivity index (χ2n) is 5.46. The van der Waals surface area contributed by atoms with Crippen molar-refractivity contribution in [1.29, 1.82) is 0 Å². The molecule has 0 aliphatic rings. The second kappa shape index (κ2) is 4.88. The summed E-state index contributed by atoms with van der Waals surface area (Å²) >= 11 is 0.